The van der Waals surface area contributed by atoms with Gasteiger partial charge in [0.1, 0.15) is 11.4 Å². The average Bonchev–Trinajstić information content (AvgIpc) is 3.26. The van der Waals surface area contributed by atoms with E-state index < -0.39 is 39.2 Å². The van der Waals surface area contributed by atoms with E-state index in [0.29, 0.717) is 23.1 Å². The Morgan fingerprint density at radius 2 is 1.69 bits per heavy atom. The zero-order valence-corrected chi connectivity index (χ0v) is 28.5. The lowest BCUT2D eigenvalue weighted by molar-refractivity contribution is -0.122. The third-order valence-corrected chi connectivity index (χ3v) is 10.4. The van der Waals surface area contributed by atoms with Gasteiger partial charge in [0.15, 0.2) is 5.54 Å². The minimum absolute atomic E-state index is 0.00253. The number of methoxy groups -OCH3 is 1. The van der Waals surface area contributed by atoms with Crippen molar-refractivity contribution in [2.24, 2.45) is 5.41 Å². The molecule has 2 saturated heterocycles. The van der Waals surface area contributed by atoms with Gasteiger partial charge >= 0.3 is 12.1 Å². The molecule has 0 radical (unpaired) electrons. The highest BCUT2D eigenvalue weighted by Gasteiger charge is 2.61. The second kappa shape index (κ2) is 12.0. The number of hydrogen-bond acceptors (Lipinski definition) is 10. The van der Waals surface area contributed by atoms with Crippen LogP contribution in [0.1, 0.15) is 44.4 Å². The number of likely N-dealkylation sites (tertiary alicyclic amines) is 2. The minimum atomic E-state index is -4.57. The molecule has 1 N–H and O–H groups in total. The van der Waals surface area contributed by atoms with Crippen LogP contribution >= 0.6 is 0 Å². The Balaban J connectivity index is 1.39. The van der Waals surface area contributed by atoms with Crippen LogP contribution in [0.3, 0.4) is 0 Å². The zero-order chi connectivity index (χ0) is 35.4. The number of fused-ring (bicyclic) bond motifs is 1. The fourth-order valence-corrected chi connectivity index (χ4v) is 7.96. The number of hydrogen-bond donors (Lipinski definition) is 1. The number of pyridine rings is 1. The quantitative estimate of drug-likeness (QED) is 0.387. The Bertz CT molecular complexity index is 1970. The third-order valence-electron chi connectivity index (χ3n) is 8.65. The second-order valence-corrected chi connectivity index (χ2v) is 15.0. The number of amides is 4. The number of nitrogens with one attached hydrogen (secondary N) is 1. The molecule has 1 spiro atoms. The number of carbonyl (C=O) groups is 3. The molecule has 4 amide bonds. The van der Waals surface area contributed by atoms with Gasteiger partial charge in [-0.1, -0.05) is 0 Å². The van der Waals surface area contributed by atoms with E-state index in [1.165, 1.54) is 66.7 Å². The summed E-state index contributed by atoms with van der Waals surface area (Å²) in [6.07, 6.45) is 1.02. The van der Waals surface area contributed by atoms with Gasteiger partial charge in [-0.15, -0.1) is 0 Å². The second-order valence-electron chi connectivity index (χ2n) is 13.3. The molecule has 0 aliphatic carbocycles. The Morgan fingerprint density at radius 3 is 2.31 bits per heavy atom. The van der Waals surface area contributed by atoms with Crippen molar-refractivity contribution in [1.29, 1.82) is 5.26 Å². The van der Waals surface area contributed by atoms with Gasteiger partial charge in [-0.3, -0.25) is 4.79 Å². The lowest BCUT2D eigenvalue weighted by atomic mass is 9.73. The molecule has 0 bridgehead atoms. The smallest absolute Gasteiger partial charge is 0.410 e. The monoisotopic (exact) mass is 688 g/mol. The maximum Gasteiger partial charge on any atom is 0.410 e. The van der Waals surface area contributed by atoms with E-state index in [9.17, 15) is 28.1 Å². The van der Waals surface area contributed by atoms with Crippen molar-refractivity contribution in [3.63, 3.8) is 0 Å². The molecular weight excluding hydrogens is 652 g/mol. The summed E-state index contributed by atoms with van der Waals surface area (Å²) in [5.41, 5.74) is -2.89. The summed E-state index contributed by atoms with van der Waals surface area (Å²) in [7, 11) is -3.12. The number of ether oxygens (including phenoxy) is 3. The van der Waals surface area contributed by atoms with E-state index in [-0.39, 0.29) is 58.3 Å². The molecule has 6 rings (SSSR count). The van der Waals surface area contributed by atoms with Crippen LogP contribution in [0.2, 0.25) is 0 Å². The lowest BCUT2D eigenvalue weighted by Crippen LogP contribution is -2.75. The Labute approximate surface area is 284 Å². The number of rotatable bonds is 7. The number of nitriles is 1. The van der Waals surface area contributed by atoms with Gasteiger partial charge < -0.3 is 29.3 Å². The molecule has 49 heavy (non-hydrogen) atoms. The Morgan fingerprint density at radius 1 is 1.02 bits per heavy atom. The van der Waals surface area contributed by atoms with Crippen molar-refractivity contribution >= 4 is 33.7 Å². The molecule has 3 aromatic rings. The van der Waals surface area contributed by atoms with E-state index in [1.807, 2.05) is 6.07 Å². The first-order valence-corrected chi connectivity index (χ1v) is 17.0. The van der Waals surface area contributed by atoms with Crippen molar-refractivity contribution in [1.82, 2.24) is 20.1 Å². The van der Waals surface area contributed by atoms with Crippen LogP contribution in [0, 0.1) is 16.7 Å². The normalized spacial score (nSPS) is 19.3. The molecule has 15 heteroatoms. The maximum absolute atomic E-state index is 14.9. The molecule has 3 aliphatic heterocycles. The highest BCUT2D eigenvalue weighted by atomic mass is 32.2. The van der Waals surface area contributed by atoms with Crippen LogP contribution in [-0.4, -0.2) is 86.7 Å². The zero-order valence-electron chi connectivity index (χ0n) is 27.7. The van der Waals surface area contributed by atoms with Crippen molar-refractivity contribution in [2.75, 3.05) is 44.2 Å². The predicted octanol–water partition coefficient (Wildman–Crippen LogP) is 3.60. The summed E-state index contributed by atoms with van der Waals surface area (Å²) in [6, 6.07) is 14.2. The number of benzene rings is 2. The standard InChI is InChI=1S/C34H36N6O8S/c1-6-47-28-25(8-7-15-36-28)34(37-30(42)38-18-33(19-38)20-39(21-33)31(43)48-32(2,3)4)26-16-22(17-35)9-14-27(26)40(29(34)41)49(44,45)24-12-10-23(46-5)11-13-24/h7-16H,6,18-21H2,1-5H3,(H,37,42)/t34-/m1/s1. The van der Waals surface area contributed by atoms with Crippen LogP contribution in [0.25, 0.3) is 0 Å². The summed E-state index contributed by atoms with van der Waals surface area (Å²) in [6.45, 7) is 8.61. The molecule has 0 saturated carbocycles. The molecule has 4 heterocycles. The Hall–Kier alpha value is -5.36. The molecular formula is C34H36N6O8S. The van der Waals surface area contributed by atoms with E-state index in [2.05, 4.69) is 10.3 Å². The van der Waals surface area contributed by atoms with Gasteiger partial charge in [0.05, 0.1) is 41.5 Å². The summed E-state index contributed by atoms with van der Waals surface area (Å²) in [5, 5.41) is 12.7. The van der Waals surface area contributed by atoms with Gasteiger partial charge in [0, 0.05) is 43.4 Å². The highest BCUT2D eigenvalue weighted by Crippen LogP contribution is 2.50. The number of sulfonamides is 1. The van der Waals surface area contributed by atoms with Crippen molar-refractivity contribution < 1.29 is 37.0 Å². The van der Waals surface area contributed by atoms with Gasteiger partial charge in [-0.05, 0) is 82.3 Å². The van der Waals surface area contributed by atoms with Crippen LogP contribution < -0.4 is 19.1 Å². The van der Waals surface area contributed by atoms with Gasteiger partial charge in [-0.25, -0.2) is 23.0 Å². The predicted molar refractivity (Wildman–Crippen MR) is 175 cm³/mol. The molecule has 2 fully saturated rings. The fourth-order valence-electron chi connectivity index (χ4n) is 6.49. The summed E-state index contributed by atoms with van der Waals surface area (Å²) < 4.78 is 45.6. The van der Waals surface area contributed by atoms with Crippen LogP contribution in [0.5, 0.6) is 11.6 Å². The van der Waals surface area contributed by atoms with E-state index in [4.69, 9.17) is 14.2 Å². The van der Waals surface area contributed by atoms with Gasteiger partial charge in [-0.2, -0.15) is 9.57 Å². The average molecular weight is 689 g/mol. The molecule has 1 aromatic heterocycles. The number of urea groups is 1. The molecule has 1 atom stereocenters. The van der Waals surface area contributed by atoms with Gasteiger partial charge in [0.2, 0.25) is 5.88 Å². The van der Waals surface area contributed by atoms with E-state index in [0.717, 1.165) is 0 Å². The SMILES string of the molecule is CCOc1ncccc1[C@]1(NC(=O)N2CC3(C2)CN(C(=O)OC(C)(C)C)C3)C(=O)N(S(=O)(=O)c2ccc(OC)cc2)c2ccc(C#N)cc21. The van der Waals surface area contributed by atoms with Crippen LogP contribution in [0.15, 0.2) is 65.7 Å². The van der Waals surface area contributed by atoms with Crippen LogP contribution in [-0.2, 0) is 25.1 Å². The molecule has 2 aromatic carbocycles. The number of anilines is 1. The van der Waals surface area contributed by atoms with Gasteiger partial charge in [0.25, 0.3) is 15.9 Å². The van der Waals surface area contributed by atoms with Crippen molar-refractivity contribution in [3.8, 4) is 17.7 Å². The number of nitrogens with zero attached hydrogens (tertiary/aromatic N) is 5. The molecule has 0 unspecified atom stereocenters. The fraction of sp³-hybridized carbons (Fsp3) is 0.382. The lowest BCUT2D eigenvalue weighted by Gasteiger charge is -2.59. The first-order valence-electron chi connectivity index (χ1n) is 15.6. The first kappa shape index (κ1) is 33.5. The molecule has 14 nitrogen and oxygen atoms in total. The maximum atomic E-state index is 14.9. The summed E-state index contributed by atoms with van der Waals surface area (Å²) >= 11 is 0. The number of carbonyl (C=O) groups excluding carboxylic acids is 3. The largest absolute Gasteiger partial charge is 0.497 e. The topological polar surface area (TPSA) is 171 Å². The minimum Gasteiger partial charge on any atom is -0.497 e. The van der Waals surface area contributed by atoms with E-state index >= 15 is 0 Å². The first-order chi connectivity index (χ1) is 23.2. The number of aromatic nitrogens is 1. The molecule has 256 valence electrons. The molecule has 3 aliphatic rings. The van der Waals surface area contributed by atoms with Crippen molar-refractivity contribution in [2.45, 2.75) is 43.7 Å². The Kier molecular flexibility index (Phi) is 8.18. The van der Waals surface area contributed by atoms with Crippen LogP contribution in [0.4, 0.5) is 15.3 Å². The third kappa shape index (κ3) is 5.65. The summed E-state index contributed by atoms with van der Waals surface area (Å²) in [4.78, 5) is 48.8. The highest BCUT2D eigenvalue weighted by molar-refractivity contribution is 7.93. The van der Waals surface area contributed by atoms with Crippen molar-refractivity contribution in [3.05, 3.63) is 77.5 Å². The summed E-state index contributed by atoms with van der Waals surface area (Å²) in [5.74, 6) is -0.592. The van der Waals surface area contributed by atoms with E-state index in [1.54, 1.807) is 38.7 Å².